The van der Waals surface area contributed by atoms with E-state index >= 15 is 0 Å². The second-order valence-electron chi connectivity index (χ2n) is 9.58. The fraction of sp³-hybridized carbons (Fsp3) is 0.355. The van der Waals surface area contributed by atoms with Gasteiger partial charge in [0.1, 0.15) is 29.9 Å². The summed E-state index contributed by atoms with van der Waals surface area (Å²) in [5.74, 6) is -0.673. The SMILES string of the molecule is CCCCNC(=O)[C@@H](CC)N(Cc1ccc(F)cc1)C(=O)CN(c1ccccc1OC)S(=O)(=O)c1ccc(OC)cc1. The number of hydrogen-bond acceptors (Lipinski definition) is 6. The first-order valence-electron chi connectivity index (χ1n) is 13.8. The first-order valence-corrected chi connectivity index (χ1v) is 15.2. The fourth-order valence-corrected chi connectivity index (χ4v) is 5.86. The molecule has 1 atom stereocenters. The second-order valence-corrected chi connectivity index (χ2v) is 11.4. The lowest BCUT2D eigenvalue weighted by Crippen LogP contribution is -2.52. The summed E-state index contributed by atoms with van der Waals surface area (Å²) in [6.07, 6.45) is 1.94. The van der Waals surface area contributed by atoms with Crippen LogP contribution in [0.5, 0.6) is 11.5 Å². The molecule has 0 saturated heterocycles. The van der Waals surface area contributed by atoms with Gasteiger partial charge in [0.05, 0.1) is 24.8 Å². The predicted octanol–water partition coefficient (Wildman–Crippen LogP) is 4.76. The highest BCUT2D eigenvalue weighted by Gasteiger charge is 2.34. The van der Waals surface area contributed by atoms with E-state index in [1.54, 1.807) is 31.2 Å². The van der Waals surface area contributed by atoms with Crippen LogP contribution in [0.1, 0.15) is 38.7 Å². The number of nitrogens with one attached hydrogen (secondary N) is 1. The molecule has 3 rings (SSSR count). The first-order chi connectivity index (χ1) is 20.2. The van der Waals surface area contributed by atoms with Crippen LogP contribution in [0.4, 0.5) is 10.1 Å². The number of para-hydroxylation sites is 2. The molecule has 0 aliphatic heterocycles. The number of rotatable bonds is 15. The van der Waals surface area contributed by atoms with Crippen LogP contribution in [-0.4, -0.2) is 58.5 Å². The summed E-state index contributed by atoms with van der Waals surface area (Å²) in [4.78, 5) is 28.7. The summed E-state index contributed by atoms with van der Waals surface area (Å²) in [7, 11) is -1.40. The maximum Gasteiger partial charge on any atom is 0.264 e. The number of ether oxygens (including phenoxy) is 2. The van der Waals surface area contributed by atoms with Crippen molar-refractivity contribution in [3.63, 3.8) is 0 Å². The molecule has 226 valence electrons. The van der Waals surface area contributed by atoms with E-state index in [0.29, 0.717) is 17.9 Å². The minimum absolute atomic E-state index is 0.0266. The van der Waals surface area contributed by atoms with E-state index in [9.17, 15) is 22.4 Å². The Bertz CT molecular complexity index is 1430. The summed E-state index contributed by atoms with van der Waals surface area (Å²) in [5.41, 5.74) is 0.748. The minimum Gasteiger partial charge on any atom is -0.497 e. The van der Waals surface area contributed by atoms with Crippen LogP contribution in [0.25, 0.3) is 0 Å². The number of methoxy groups -OCH3 is 2. The number of carbonyl (C=O) groups excluding carboxylic acids is 2. The highest BCUT2D eigenvalue weighted by molar-refractivity contribution is 7.92. The molecule has 0 radical (unpaired) electrons. The largest absolute Gasteiger partial charge is 0.497 e. The van der Waals surface area contributed by atoms with Gasteiger partial charge in [-0.3, -0.25) is 13.9 Å². The molecule has 0 spiro atoms. The van der Waals surface area contributed by atoms with Gasteiger partial charge in [-0.05, 0) is 66.9 Å². The number of halogens is 1. The molecule has 9 nitrogen and oxygen atoms in total. The summed E-state index contributed by atoms with van der Waals surface area (Å²) < 4.78 is 53.3. The molecule has 11 heteroatoms. The zero-order chi connectivity index (χ0) is 30.7. The maximum atomic E-state index is 14.1. The Kier molecular flexibility index (Phi) is 11.7. The van der Waals surface area contributed by atoms with E-state index in [1.165, 1.54) is 67.7 Å². The maximum absolute atomic E-state index is 14.1. The molecule has 0 aromatic heterocycles. The molecule has 0 fully saturated rings. The Morgan fingerprint density at radius 1 is 0.929 bits per heavy atom. The standard InChI is InChI=1S/C31H38FN3O6S/c1-5-7-20-33-31(37)27(6-2)34(21-23-12-14-24(32)15-13-23)30(36)22-35(28-10-8-9-11-29(28)41-4)42(38,39)26-18-16-25(40-3)17-19-26/h8-19,27H,5-7,20-22H2,1-4H3,(H,33,37)/t27-/m1/s1. The summed E-state index contributed by atoms with van der Waals surface area (Å²) in [6, 6.07) is 17.0. The van der Waals surface area contributed by atoms with Gasteiger partial charge in [0.15, 0.2) is 0 Å². The van der Waals surface area contributed by atoms with Crippen molar-refractivity contribution in [1.29, 1.82) is 0 Å². The molecule has 2 amide bonds. The zero-order valence-corrected chi connectivity index (χ0v) is 25.2. The zero-order valence-electron chi connectivity index (χ0n) is 24.4. The van der Waals surface area contributed by atoms with Gasteiger partial charge < -0.3 is 19.7 Å². The predicted molar refractivity (Wildman–Crippen MR) is 159 cm³/mol. The van der Waals surface area contributed by atoms with Gasteiger partial charge >= 0.3 is 0 Å². The molecular formula is C31H38FN3O6S. The van der Waals surface area contributed by atoms with Crippen molar-refractivity contribution in [3.8, 4) is 11.5 Å². The lowest BCUT2D eigenvalue weighted by atomic mass is 10.1. The molecule has 0 heterocycles. The number of benzene rings is 3. The summed E-state index contributed by atoms with van der Waals surface area (Å²) >= 11 is 0. The molecule has 0 saturated carbocycles. The molecule has 3 aromatic rings. The number of anilines is 1. The van der Waals surface area contributed by atoms with Crippen molar-refractivity contribution < 1.29 is 31.9 Å². The summed E-state index contributed by atoms with van der Waals surface area (Å²) in [5, 5.41) is 2.88. The first kappa shape index (κ1) is 32.4. The topological polar surface area (TPSA) is 105 Å². The quantitative estimate of drug-likeness (QED) is 0.253. The third-order valence-electron chi connectivity index (χ3n) is 6.76. The third kappa shape index (κ3) is 8.00. The summed E-state index contributed by atoms with van der Waals surface area (Å²) in [6.45, 7) is 3.59. The average Bonchev–Trinajstić information content (AvgIpc) is 3.00. The van der Waals surface area contributed by atoms with Crippen molar-refractivity contribution in [1.82, 2.24) is 10.2 Å². The molecule has 0 unspecified atom stereocenters. The van der Waals surface area contributed by atoms with Crippen molar-refractivity contribution >= 4 is 27.5 Å². The second kappa shape index (κ2) is 15.2. The number of carbonyl (C=O) groups is 2. The van der Waals surface area contributed by atoms with E-state index in [2.05, 4.69) is 5.32 Å². The van der Waals surface area contributed by atoms with Crippen LogP contribution in [0.2, 0.25) is 0 Å². The van der Waals surface area contributed by atoms with Gasteiger partial charge in [-0.1, -0.05) is 44.5 Å². The Labute approximate surface area is 247 Å². The lowest BCUT2D eigenvalue weighted by Gasteiger charge is -2.33. The van der Waals surface area contributed by atoms with Crippen molar-refractivity contribution in [2.45, 2.75) is 50.6 Å². The van der Waals surface area contributed by atoms with Gasteiger partial charge in [-0.2, -0.15) is 0 Å². The minimum atomic E-state index is -4.29. The van der Waals surface area contributed by atoms with Crippen molar-refractivity contribution in [3.05, 3.63) is 84.2 Å². The van der Waals surface area contributed by atoms with Gasteiger partial charge in [-0.15, -0.1) is 0 Å². The van der Waals surface area contributed by atoms with Crippen LogP contribution >= 0.6 is 0 Å². The highest BCUT2D eigenvalue weighted by Crippen LogP contribution is 2.33. The fourth-order valence-electron chi connectivity index (χ4n) is 4.44. The van der Waals surface area contributed by atoms with Gasteiger partial charge in [0, 0.05) is 13.1 Å². The van der Waals surface area contributed by atoms with Gasteiger partial charge in [0.2, 0.25) is 11.8 Å². The van der Waals surface area contributed by atoms with Gasteiger partial charge in [-0.25, -0.2) is 12.8 Å². The normalized spacial score (nSPS) is 11.8. The Balaban J connectivity index is 2.07. The molecule has 3 aromatic carbocycles. The van der Waals surface area contributed by atoms with E-state index in [1.807, 2.05) is 6.92 Å². The number of hydrogen-bond donors (Lipinski definition) is 1. The Morgan fingerprint density at radius 2 is 1.60 bits per heavy atom. The number of amides is 2. The number of nitrogens with zero attached hydrogens (tertiary/aromatic N) is 2. The molecular weight excluding hydrogens is 561 g/mol. The lowest BCUT2D eigenvalue weighted by molar-refractivity contribution is -0.140. The molecule has 0 aliphatic rings. The van der Waals surface area contributed by atoms with Crippen molar-refractivity contribution in [2.75, 3.05) is 31.6 Å². The number of unbranched alkanes of at least 4 members (excludes halogenated alkanes) is 1. The van der Waals surface area contributed by atoms with Crippen LogP contribution < -0.4 is 19.1 Å². The van der Waals surface area contributed by atoms with Crippen LogP contribution in [0, 0.1) is 5.82 Å². The molecule has 42 heavy (non-hydrogen) atoms. The Hall–Kier alpha value is -4.12. The monoisotopic (exact) mass is 599 g/mol. The van der Waals surface area contributed by atoms with E-state index in [0.717, 1.165) is 17.1 Å². The highest BCUT2D eigenvalue weighted by atomic mass is 32.2. The van der Waals surface area contributed by atoms with Gasteiger partial charge in [0.25, 0.3) is 10.0 Å². The Morgan fingerprint density at radius 3 is 2.19 bits per heavy atom. The molecule has 0 aliphatic carbocycles. The van der Waals surface area contributed by atoms with Crippen LogP contribution in [-0.2, 0) is 26.2 Å². The van der Waals surface area contributed by atoms with Crippen molar-refractivity contribution in [2.24, 2.45) is 0 Å². The number of sulfonamides is 1. The van der Waals surface area contributed by atoms with E-state index in [-0.39, 0.29) is 35.2 Å². The molecule has 1 N–H and O–H groups in total. The van der Waals surface area contributed by atoms with E-state index in [4.69, 9.17) is 9.47 Å². The van der Waals surface area contributed by atoms with Crippen LogP contribution in [0.15, 0.2) is 77.7 Å². The average molecular weight is 600 g/mol. The third-order valence-corrected chi connectivity index (χ3v) is 8.54. The smallest absolute Gasteiger partial charge is 0.264 e. The van der Waals surface area contributed by atoms with Crippen LogP contribution in [0.3, 0.4) is 0 Å². The molecule has 0 bridgehead atoms. The van der Waals surface area contributed by atoms with E-state index < -0.39 is 34.3 Å².